The first-order valence-electron chi connectivity index (χ1n) is 5.82. The summed E-state index contributed by atoms with van der Waals surface area (Å²) in [6.45, 7) is 2.38. The third-order valence-corrected chi connectivity index (χ3v) is 3.46. The molecule has 5 heteroatoms. The summed E-state index contributed by atoms with van der Waals surface area (Å²) in [7, 11) is 0. The van der Waals surface area contributed by atoms with Crippen molar-refractivity contribution in [1.29, 1.82) is 0 Å². The molecule has 0 aliphatic carbocycles. The van der Waals surface area contributed by atoms with Crippen molar-refractivity contribution in [2.45, 2.75) is 6.42 Å². The maximum atomic E-state index is 11.6. The minimum absolute atomic E-state index is 0.251. The summed E-state index contributed by atoms with van der Waals surface area (Å²) < 4.78 is 0. The smallest absolute Gasteiger partial charge is 0.223 e. The highest BCUT2D eigenvalue weighted by molar-refractivity contribution is 7.80. The number of hydrogen-bond donors (Lipinski definition) is 2. The van der Waals surface area contributed by atoms with Gasteiger partial charge in [0.15, 0.2) is 0 Å². The minimum atomic E-state index is 0.251. The third kappa shape index (κ3) is 3.36. The van der Waals surface area contributed by atoms with Crippen LogP contribution in [0.1, 0.15) is 6.42 Å². The van der Waals surface area contributed by atoms with Crippen molar-refractivity contribution in [2.75, 3.05) is 30.7 Å². The minimum Gasteiger partial charge on any atom is -0.383 e. The lowest BCUT2D eigenvalue weighted by atomic mass is 10.1. The van der Waals surface area contributed by atoms with Gasteiger partial charge in [0, 0.05) is 44.1 Å². The molecule has 1 aromatic heterocycles. The van der Waals surface area contributed by atoms with Gasteiger partial charge in [0.2, 0.25) is 5.91 Å². The first kappa shape index (κ1) is 12.2. The summed E-state index contributed by atoms with van der Waals surface area (Å²) in [5, 5.41) is 3.27. The van der Waals surface area contributed by atoms with Crippen molar-refractivity contribution < 1.29 is 4.79 Å². The summed E-state index contributed by atoms with van der Waals surface area (Å²) in [6.07, 6.45) is 4.15. The van der Waals surface area contributed by atoms with Gasteiger partial charge in [-0.05, 0) is 23.8 Å². The van der Waals surface area contributed by atoms with E-state index >= 15 is 0 Å². The van der Waals surface area contributed by atoms with Crippen LogP contribution in [0.5, 0.6) is 0 Å². The summed E-state index contributed by atoms with van der Waals surface area (Å²) in [4.78, 5) is 17.5. The fourth-order valence-electron chi connectivity index (χ4n) is 2.00. The molecule has 1 atom stereocenters. The quantitative estimate of drug-likeness (QED) is 0.775. The van der Waals surface area contributed by atoms with E-state index in [1.54, 1.807) is 12.4 Å². The monoisotopic (exact) mass is 251 g/mol. The van der Waals surface area contributed by atoms with Crippen LogP contribution in [-0.4, -0.2) is 41.2 Å². The zero-order valence-electron chi connectivity index (χ0n) is 9.67. The number of nitrogens with zero attached hydrogens (tertiary/aromatic N) is 2. The number of thiol groups is 1. The Hall–Kier alpha value is -1.23. The number of carbonyl (C=O) groups is 1. The molecule has 1 aromatic rings. The highest BCUT2D eigenvalue weighted by Gasteiger charge is 2.27. The largest absolute Gasteiger partial charge is 0.383 e. The molecule has 1 fully saturated rings. The van der Waals surface area contributed by atoms with E-state index in [0.29, 0.717) is 12.3 Å². The fraction of sp³-hybridized carbons (Fsp3) is 0.500. The van der Waals surface area contributed by atoms with Gasteiger partial charge in [-0.15, -0.1) is 0 Å². The molecule has 0 saturated carbocycles. The van der Waals surface area contributed by atoms with Gasteiger partial charge in [0.1, 0.15) is 0 Å². The lowest BCUT2D eigenvalue weighted by molar-refractivity contribution is -0.127. The van der Waals surface area contributed by atoms with Gasteiger partial charge in [0.25, 0.3) is 0 Å². The Balaban J connectivity index is 1.74. The zero-order chi connectivity index (χ0) is 12.1. The van der Waals surface area contributed by atoms with E-state index in [4.69, 9.17) is 0 Å². The molecule has 17 heavy (non-hydrogen) atoms. The normalized spacial score (nSPS) is 19.7. The molecule has 0 aromatic carbocycles. The van der Waals surface area contributed by atoms with E-state index < -0.39 is 0 Å². The van der Waals surface area contributed by atoms with Gasteiger partial charge in [-0.3, -0.25) is 9.78 Å². The van der Waals surface area contributed by atoms with Crippen LogP contribution in [0.15, 0.2) is 24.5 Å². The molecule has 1 saturated heterocycles. The van der Waals surface area contributed by atoms with Crippen LogP contribution < -0.4 is 5.32 Å². The highest BCUT2D eigenvalue weighted by atomic mass is 32.1. The molecule has 0 radical (unpaired) electrons. The first-order chi connectivity index (χ1) is 8.29. The van der Waals surface area contributed by atoms with Gasteiger partial charge >= 0.3 is 0 Å². The van der Waals surface area contributed by atoms with Crippen LogP contribution in [0.2, 0.25) is 0 Å². The average Bonchev–Trinajstić information content (AvgIpc) is 2.72. The molecule has 0 spiro atoms. The number of amides is 1. The maximum Gasteiger partial charge on any atom is 0.223 e. The van der Waals surface area contributed by atoms with Gasteiger partial charge < -0.3 is 10.2 Å². The predicted molar refractivity (Wildman–Crippen MR) is 71.3 cm³/mol. The second-order valence-electron chi connectivity index (χ2n) is 4.26. The van der Waals surface area contributed by atoms with E-state index in [1.165, 1.54) is 0 Å². The molecule has 1 aliphatic heterocycles. The van der Waals surface area contributed by atoms with Crippen LogP contribution in [-0.2, 0) is 4.79 Å². The number of likely N-dealkylation sites (tertiary alicyclic amines) is 1. The van der Waals surface area contributed by atoms with Crippen molar-refractivity contribution in [3.05, 3.63) is 24.5 Å². The summed E-state index contributed by atoms with van der Waals surface area (Å²) in [5.74, 6) is 1.47. The van der Waals surface area contributed by atoms with Crippen molar-refractivity contribution in [3.63, 3.8) is 0 Å². The Kier molecular flexibility index (Phi) is 4.25. The molecule has 1 unspecified atom stereocenters. The van der Waals surface area contributed by atoms with E-state index in [1.807, 2.05) is 17.0 Å². The summed E-state index contributed by atoms with van der Waals surface area (Å²) >= 11 is 4.24. The van der Waals surface area contributed by atoms with Crippen LogP contribution in [0.25, 0.3) is 0 Å². The number of hydrogen-bond acceptors (Lipinski definition) is 4. The fourth-order valence-corrected chi connectivity index (χ4v) is 2.24. The van der Waals surface area contributed by atoms with Gasteiger partial charge in [-0.1, -0.05) is 0 Å². The Morgan fingerprint density at radius 1 is 1.47 bits per heavy atom. The van der Waals surface area contributed by atoms with Crippen molar-refractivity contribution in [2.24, 2.45) is 5.92 Å². The highest BCUT2D eigenvalue weighted by Crippen LogP contribution is 2.18. The van der Waals surface area contributed by atoms with E-state index in [-0.39, 0.29) is 5.91 Å². The average molecular weight is 251 g/mol. The first-order valence-corrected chi connectivity index (χ1v) is 6.45. The Labute approximate surface area is 107 Å². The lowest BCUT2D eigenvalue weighted by Gasteiger charge is -2.17. The predicted octanol–water partition coefficient (Wildman–Crippen LogP) is 1.27. The topological polar surface area (TPSA) is 45.2 Å². The number of carbonyl (C=O) groups excluding carboxylic acids is 1. The summed E-state index contributed by atoms with van der Waals surface area (Å²) in [6, 6.07) is 3.84. The second kappa shape index (κ2) is 5.91. The number of aromatic nitrogens is 1. The van der Waals surface area contributed by atoms with Crippen LogP contribution >= 0.6 is 12.6 Å². The van der Waals surface area contributed by atoms with Gasteiger partial charge in [0.05, 0.1) is 0 Å². The Bertz CT molecular complexity index is 371. The molecule has 92 valence electrons. The second-order valence-corrected chi connectivity index (χ2v) is 4.62. The number of rotatable bonds is 5. The van der Waals surface area contributed by atoms with Gasteiger partial charge in [-0.25, -0.2) is 0 Å². The van der Waals surface area contributed by atoms with Crippen LogP contribution in [0.4, 0.5) is 5.69 Å². The molecule has 2 heterocycles. The lowest BCUT2D eigenvalue weighted by Crippen LogP contribution is -2.30. The molecule has 2 rings (SSSR count). The standard InChI is InChI=1S/C12H17N3OS/c16-12-7-10(9-17)8-15(12)6-5-14-11-1-3-13-4-2-11/h1-4,10,17H,5-9H2,(H,13,14). The van der Waals surface area contributed by atoms with Crippen molar-refractivity contribution in [3.8, 4) is 0 Å². The maximum absolute atomic E-state index is 11.6. The van der Waals surface area contributed by atoms with Crippen LogP contribution in [0, 0.1) is 5.92 Å². The molecular formula is C12H17N3OS. The van der Waals surface area contributed by atoms with Crippen molar-refractivity contribution in [1.82, 2.24) is 9.88 Å². The van der Waals surface area contributed by atoms with Crippen molar-refractivity contribution >= 4 is 24.2 Å². The number of pyridine rings is 1. The number of nitrogens with one attached hydrogen (secondary N) is 1. The SMILES string of the molecule is O=C1CC(CS)CN1CCNc1ccncc1. The molecule has 0 bridgehead atoms. The van der Waals surface area contributed by atoms with E-state index in [0.717, 1.165) is 31.1 Å². The molecule has 1 amide bonds. The van der Waals surface area contributed by atoms with E-state index in [2.05, 4.69) is 22.9 Å². The number of anilines is 1. The molecular weight excluding hydrogens is 234 g/mol. The Morgan fingerprint density at radius 3 is 2.88 bits per heavy atom. The zero-order valence-corrected chi connectivity index (χ0v) is 10.6. The Morgan fingerprint density at radius 2 is 2.24 bits per heavy atom. The third-order valence-electron chi connectivity index (χ3n) is 2.94. The summed E-state index contributed by atoms with van der Waals surface area (Å²) in [5.41, 5.74) is 1.04. The molecule has 1 N–H and O–H groups in total. The van der Waals surface area contributed by atoms with Crippen LogP contribution in [0.3, 0.4) is 0 Å². The van der Waals surface area contributed by atoms with Gasteiger partial charge in [-0.2, -0.15) is 12.6 Å². The van der Waals surface area contributed by atoms with E-state index in [9.17, 15) is 4.79 Å². The molecule has 1 aliphatic rings. The molecule has 4 nitrogen and oxygen atoms in total.